The molecule has 0 saturated heterocycles. The summed E-state index contributed by atoms with van der Waals surface area (Å²) < 4.78 is 11.5. The Hall–Kier alpha value is -2.09. The van der Waals surface area contributed by atoms with Crippen LogP contribution in [0.15, 0.2) is 42.5 Å². The minimum absolute atomic E-state index is 0.107. The van der Waals surface area contributed by atoms with Crippen molar-refractivity contribution in [2.45, 2.75) is 13.8 Å². The van der Waals surface area contributed by atoms with Crippen molar-refractivity contribution in [3.63, 3.8) is 0 Å². The molecule has 0 radical (unpaired) electrons. The van der Waals surface area contributed by atoms with Gasteiger partial charge in [0.05, 0.1) is 12.2 Å². The second kappa shape index (κ2) is 8.68. The lowest BCUT2D eigenvalue weighted by molar-refractivity contribution is -0.118. The van der Waals surface area contributed by atoms with E-state index in [1.807, 2.05) is 31.2 Å². The standard InChI is InChI=1S/C18H18INO4/c1-3-23-18(22)13-5-4-12(2)16(10-13)20-17(21)11-24-15-8-6-14(19)7-9-15/h4-10H,3,11H2,1-2H3,(H,20,21). The molecule has 2 aromatic rings. The van der Waals surface area contributed by atoms with Crippen LogP contribution in [0.5, 0.6) is 5.75 Å². The van der Waals surface area contributed by atoms with Gasteiger partial charge in [-0.2, -0.15) is 0 Å². The van der Waals surface area contributed by atoms with Gasteiger partial charge in [-0.1, -0.05) is 6.07 Å². The zero-order valence-electron chi connectivity index (χ0n) is 13.5. The summed E-state index contributed by atoms with van der Waals surface area (Å²) in [6, 6.07) is 12.5. The molecule has 0 atom stereocenters. The third kappa shape index (κ3) is 5.23. The topological polar surface area (TPSA) is 64.6 Å². The molecule has 0 saturated carbocycles. The van der Waals surface area contributed by atoms with Gasteiger partial charge in [0.2, 0.25) is 0 Å². The fourth-order valence-corrected chi connectivity index (χ4v) is 2.32. The molecule has 6 heteroatoms. The Labute approximate surface area is 154 Å². The van der Waals surface area contributed by atoms with Crippen molar-refractivity contribution in [1.82, 2.24) is 0 Å². The molecule has 0 unspecified atom stereocenters. The summed E-state index contributed by atoms with van der Waals surface area (Å²) >= 11 is 2.20. The lowest BCUT2D eigenvalue weighted by Crippen LogP contribution is -2.21. The van der Waals surface area contributed by atoms with Crippen LogP contribution in [0, 0.1) is 10.5 Å². The summed E-state index contributed by atoms with van der Waals surface area (Å²) in [6.07, 6.45) is 0. The Morgan fingerprint density at radius 3 is 2.50 bits per heavy atom. The number of halogens is 1. The van der Waals surface area contributed by atoms with E-state index in [1.165, 1.54) is 0 Å². The van der Waals surface area contributed by atoms with E-state index in [4.69, 9.17) is 9.47 Å². The van der Waals surface area contributed by atoms with Crippen molar-refractivity contribution < 1.29 is 19.1 Å². The van der Waals surface area contributed by atoms with Crippen LogP contribution in [0.4, 0.5) is 5.69 Å². The number of carbonyl (C=O) groups is 2. The molecule has 5 nitrogen and oxygen atoms in total. The Morgan fingerprint density at radius 2 is 1.83 bits per heavy atom. The van der Waals surface area contributed by atoms with Crippen LogP contribution in [0.1, 0.15) is 22.8 Å². The van der Waals surface area contributed by atoms with Crippen LogP contribution in [-0.2, 0) is 9.53 Å². The first-order chi connectivity index (χ1) is 11.5. The van der Waals surface area contributed by atoms with Crippen LogP contribution in [0.25, 0.3) is 0 Å². The van der Waals surface area contributed by atoms with Gasteiger partial charge in [-0.15, -0.1) is 0 Å². The third-order valence-corrected chi connectivity index (χ3v) is 3.93. The average molecular weight is 439 g/mol. The lowest BCUT2D eigenvalue weighted by atomic mass is 10.1. The van der Waals surface area contributed by atoms with Crippen molar-refractivity contribution >= 4 is 40.2 Å². The molecule has 0 spiro atoms. The van der Waals surface area contributed by atoms with Gasteiger partial charge >= 0.3 is 5.97 Å². The van der Waals surface area contributed by atoms with Crippen LogP contribution in [0.2, 0.25) is 0 Å². The second-order valence-electron chi connectivity index (χ2n) is 5.04. The van der Waals surface area contributed by atoms with Gasteiger partial charge in [0.15, 0.2) is 6.61 Å². The number of esters is 1. The minimum Gasteiger partial charge on any atom is -0.484 e. The van der Waals surface area contributed by atoms with E-state index < -0.39 is 5.97 Å². The number of ether oxygens (including phenoxy) is 2. The first-order valence-corrected chi connectivity index (χ1v) is 8.53. The van der Waals surface area contributed by atoms with Crippen LogP contribution in [0.3, 0.4) is 0 Å². The predicted molar refractivity (Wildman–Crippen MR) is 100 cm³/mol. The summed E-state index contributed by atoms with van der Waals surface area (Å²) in [5.74, 6) is -0.0802. The summed E-state index contributed by atoms with van der Waals surface area (Å²) in [6.45, 7) is 3.79. The number of carbonyl (C=O) groups excluding carboxylic acids is 2. The first-order valence-electron chi connectivity index (χ1n) is 7.45. The summed E-state index contributed by atoms with van der Waals surface area (Å²) in [5.41, 5.74) is 1.82. The zero-order valence-corrected chi connectivity index (χ0v) is 15.6. The summed E-state index contributed by atoms with van der Waals surface area (Å²) in [4.78, 5) is 23.8. The van der Waals surface area contributed by atoms with E-state index >= 15 is 0 Å². The number of nitrogens with one attached hydrogen (secondary N) is 1. The van der Waals surface area contributed by atoms with Crippen molar-refractivity contribution in [3.8, 4) is 5.75 Å². The molecule has 2 rings (SSSR count). The molecule has 1 amide bonds. The smallest absolute Gasteiger partial charge is 0.338 e. The number of amides is 1. The minimum atomic E-state index is -0.414. The van der Waals surface area contributed by atoms with Gasteiger partial charge in [-0.05, 0) is 78.4 Å². The maximum atomic E-state index is 12.1. The van der Waals surface area contributed by atoms with Crippen molar-refractivity contribution in [1.29, 1.82) is 0 Å². The molecule has 0 aliphatic rings. The van der Waals surface area contributed by atoms with Gasteiger partial charge in [0.1, 0.15) is 5.75 Å². The molecule has 1 N–H and O–H groups in total. The number of aryl methyl sites for hydroxylation is 1. The third-order valence-electron chi connectivity index (χ3n) is 3.21. The molecule has 0 aromatic heterocycles. The Kier molecular flexibility index (Phi) is 6.60. The molecular weight excluding hydrogens is 421 g/mol. The van der Waals surface area contributed by atoms with Crippen molar-refractivity contribution in [3.05, 3.63) is 57.2 Å². The largest absolute Gasteiger partial charge is 0.484 e. The number of hydrogen-bond acceptors (Lipinski definition) is 4. The highest BCUT2D eigenvalue weighted by molar-refractivity contribution is 14.1. The van der Waals surface area contributed by atoms with Crippen LogP contribution in [-0.4, -0.2) is 25.1 Å². The molecule has 126 valence electrons. The number of anilines is 1. The van der Waals surface area contributed by atoms with Gasteiger partial charge in [0, 0.05) is 9.26 Å². The van der Waals surface area contributed by atoms with E-state index in [-0.39, 0.29) is 12.5 Å². The van der Waals surface area contributed by atoms with E-state index in [0.717, 1.165) is 9.13 Å². The number of benzene rings is 2. The monoisotopic (exact) mass is 439 g/mol. The normalized spacial score (nSPS) is 10.1. The SMILES string of the molecule is CCOC(=O)c1ccc(C)c(NC(=O)COc2ccc(I)cc2)c1. The fourth-order valence-electron chi connectivity index (χ4n) is 1.96. The highest BCUT2D eigenvalue weighted by Gasteiger charge is 2.11. The van der Waals surface area contributed by atoms with Crippen molar-refractivity contribution in [2.24, 2.45) is 0 Å². The first kappa shape index (κ1) is 18.3. The molecule has 0 aliphatic carbocycles. The van der Waals surface area contributed by atoms with Gasteiger partial charge in [-0.25, -0.2) is 4.79 Å². The predicted octanol–water partition coefficient (Wildman–Crippen LogP) is 3.79. The van der Waals surface area contributed by atoms with Gasteiger partial charge in [0.25, 0.3) is 5.91 Å². The van der Waals surface area contributed by atoms with E-state index in [1.54, 1.807) is 25.1 Å². The van der Waals surface area contributed by atoms with Crippen LogP contribution < -0.4 is 10.1 Å². The Morgan fingerprint density at radius 1 is 1.12 bits per heavy atom. The molecule has 24 heavy (non-hydrogen) atoms. The van der Waals surface area contributed by atoms with Crippen LogP contribution >= 0.6 is 22.6 Å². The van der Waals surface area contributed by atoms with Crippen molar-refractivity contribution in [2.75, 3.05) is 18.5 Å². The second-order valence-corrected chi connectivity index (χ2v) is 6.29. The summed E-state index contributed by atoms with van der Waals surface area (Å²) in [7, 11) is 0. The number of rotatable bonds is 6. The van der Waals surface area contributed by atoms with E-state index in [2.05, 4.69) is 27.9 Å². The lowest BCUT2D eigenvalue weighted by Gasteiger charge is -2.11. The zero-order chi connectivity index (χ0) is 17.5. The molecular formula is C18H18INO4. The molecule has 0 heterocycles. The molecule has 0 aliphatic heterocycles. The molecule has 2 aromatic carbocycles. The number of hydrogen-bond donors (Lipinski definition) is 1. The highest BCUT2D eigenvalue weighted by Crippen LogP contribution is 2.18. The quantitative estimate of drug-likeness (QED) is 0.550. The highest BCUT2D eigenvalue weighted by atomic mass is 127. The average Bonchev–Trinajstić information content (AvgIpc) is 2.56. The molecule has 0 bridgehead atoms. The molecule has 0 fully saturated rings. The Balaban J connectivity index is 1.98. The Bertz CT molecular complexity index is 728. The fraction of sp³-hybridized carbons (Fsp3) is 0.222. The van der Waals surface area contributed by atoms with E-state index in [9.17, 15) is 9.59 Å². The van der Waals surface area contributed by atoms with Gasteiger partial charge in [-0.3, -0.25) is 4.79 Å². The van der Waals surface area contributed by atoms with E-state index in [0.29, 0.717) is 23.6 Å². The maximum absolute atomic E-state index is 12.1. The summed E-state index contributed by atoms with van der Waals surface area (Å²) in [5, 5.41) is 2.76. The van der Waals surface area contributed by atoms with Gasteiger partial charge < -0.3 is 14.8 Å². The maximum Gasteiger partial charge on any atom is 0.338 e.